The number of aryl methyl sites for hydroxylation is 1. The molecular formula is C13H15BF4N2. The number of nitrogens with zero attached hydrogens (tertiary/aromatic N) is 1. The van der Waals surface area contributed by atoms with E-state index in [1.54, 1.807) is 0 Å². The fourth-order valence-corrected chi connectivity index (χ4v) is 1.58. The van der Waals surface area contributed by atoms with Crippen molar-refractivity contribution in [2.45, 2.75) is 6.42 Å². The Hall–Kier alpha value is -2.05. The number of hydrogen-bond donors (Lipinski definition) is 1. The number of benzene rings is 1. The second-order valence-electron chi connectivity index (χ2n) is 4.14. The second kappa shape index (κ2) is 6.93. The van der Waals surface area contributed by atoms with Crippen LogP contribution in [0.1, 0.15) is 17.0 Å². The Labute approximate surface area is 114 Å². The van der Waals surface area contributed by atoms with Crippen molar-refractivity contribution in [3.63, 3.8) is 0 Å². The molecule has 0 unspecified atom stereocenters. The topological polar surface area (TPSA) is 19.7 Å². The summed E-state index contributed by atoms with van der Waals surface area (Å²) in [4.78, 5) is 3.23. The molecule has 2 aromatic rings. The number of nitrogens with one attached hydrogen (secondary N) is 1. The quantitative estimate of drug-likeness (QED) is 0.507. The van der Waals surface area contributed by atoms with Crippen LogP contribution < -0.4 is 4.57 Å². The number of hydrogen-bond acceptors (Lipinski definition) is 0. The van der Waals surface area contributed by atoms with E-state index in [0.29, 0.717) is 0 Å². The zero-order chi connectivity index (χ0) is 15.2. The van der Waals surface area contributed by atoms with E-state index >= 15 is 0 Å². The molecule has 0 amide bonds. The van der Waals surface area contributed by atoms with Crippen LogP contribution >= 0.6 is 0 Å². The molecule has 20 heavy (non-hydrogen) atoms. The number of halogens is 4. The summed E-state index contributed by atoms with van der Waals surface area (Å²) in [6.07, 6.45) is 6.76. The Morgan fingerprint density at radius 3 is 2.15 bits per heavy atom. The summed E-state index contributed by atoms with van der Waals surface area (Å²) >= 11 is 0. The van der Waals surface area contributed by atoms with Gasteiger partial charge in [-0.2, -0.15) is 0 Å². The van der Waals surface area contributed by atoms with E-state index in [0.717, 1.165) is 12.0 Å². The van der Waals surface area contributed by atoms with Gasteiger partial charge in [0.1, 0.15) is 12.4 Å². The van der Waals surface area contributed by atoms with Gasteiger partial charge in [-0.15, -0.1) is 0 Å². The van der Waals surface area contributed by atoms with Crippen molar-refractivity contribution in [2.75, 3.05) is 0 Å². The minimum atomic E-state index is -6.00. The average Bonchev–Trinajstić information content (AvgIpc) is 2.74. The molecule has 2 nitrogen and oxygen atoms in total. The van der Waals surface area contributed by atoms with Crippen molar-refractivity contribution in [3.05, 3.63) is 60.2 Å². The highest BCUT2D eigenvalue weighted by Gasteiger charge is 2.20. The fourth-order valence-electron chi connectivity index (χ4n) is 1.58. The summed E-state index contributed by atoms with van der Waals surface area (Å²) in [6, 6.07) is 8.45. The van der Waals surface area contributed by atoms with E-state index in [9.17, 15) is 17.3 Å². The monoisotopic (exact) mass is 286 g/mol. The van der Waals surface area contributed by atoms with E-state index < -0.39 is 7.25 Å². The molecule has 1 aromatic heterocycles. The van der Waals surface area contributed by atoms with Crippen molar-refractivity contribution in [1.82, 2.24) is 4.98 Å². The average molecular weight is 286 g/mol. The van der Waals surface area contributed by atoms with Gasteiger partial charge in [0.2, 0.25) is 0 Å². The van der Waals surface area contributed by atoms with Crippen molar-refractivity contribution >= 4 is 13.3 Å². The first kappa shape index (κ1) is 16.0. The molecule has 1 aromatic carbocycles. The molecule has 0 atom stereocenters. The maximum Gasteiger partial charge on any atom is 0.673 e. The Morgan fingerprint density at radius 2 is 1.75 bits per heavy atom. The van der Waals surface area contributed by atoms with Crippen LogP contribution in [0, 0.1) is 0 Å². The highest BCUT2D eigenvalue weighted by atomic mass is 19.5. The molecule has 0 aliphatic heterocycles. The van der Waals surface area contributed by atoms with Gasteiger partial charge in [0.25, 0.3) is 5.82 Å². The third-order valence-corrected chi connectivity index (χ3v) is 2.56. The first-order valence-electron chi connectivity index (χ1n) is 5.90. The number of imidazole rings is 1. The lowest BCUT2D eigenvalue weighted by Crippen LogP contribution is -2.30. The Kier molecular flexibility index (Phi) is 5.55. The third kappa shape index (κ3) is 6.22. The lowest BCUT2D eigenvalue weighted by molar-refractivity contribution is -0.677. The lowest BCUT2D eigenvalue weighted by Gasteiger charge is -1.98. The van der Waals surface area contributed by atoms with Crippen LogP contribution in [0.15, 0.2) is 43.2 Å². The zero-order valence-corrected chi connectivity index (χ0v) is 11.0. The van der Waals surface area contributed by atoms with Gasteiger partial charge in [0, 0.05) is 0 Å². The zero-order valence-electron chi connectivity index (χ0n) is 11.0. The number of aromatic nitrogens is 2. The van der Waals surface area contributed by atoms with E-state index in [1.165, 1.54) is 11.4 Å². The van der Waals surface area contributed by atoms with Gasteiger partial charge >= 0.3 is 7.25 Å². The molecule has 1 heterocycles. The molecule has 0 aliphatic rings. The summed E-state index contributed by atoms with van der Waals surface area (Å²) in [6.45, 7) is 3.74. The molecule has 1 N–H and O–H groups in total. The maximum absolute atomic E-state index is 9.75. The number of rotatable bonds is 3. The first-order valence-corrected chi connectivity index (χ1v) is 5.90. The summed E-state index contributed by atoms with van der Waals surface area (Å²) in [5.74, 6) is 1.21. The van der Waals surface area contributed by atoms with Crippen LogP contribution in [-0.2, 0) is 13.5 Å². The molecular weight excluding hydrogens is 271 g/mol. The predicted molar refractivity (Wildman–Crippen MR) is 71.5 cm³/mol. The molecule has 108 valence electrons. The van der Waals surface area contributed by atoms with Crippen molar-refractivity contribution in [2.24, 2.45) is 7.05 Å². The number of H-pyrrole nitrogens is 1. The van der Waals surface area contributed by atoms with Crippen LogP contribution in [0.25, 0.3) is 6.08 Å². The standard InChI is InChI=1S/C13H14N2.BF4/c1-3-11-4-6-12(7-5-11)10-13-14-8-9-15(13)2;2-1(3,4)5/h3-9H,1,10H2,2H3;/q;-1/p+1. The van der Waals surface area contributed by atoms with E-state index in [2.05, 4.69) is 40.4 Å². The van der Waals surface area contributed by atoms with Gasteiger partial charge in [0.15, 0.2) is 0 Å². The highest BCUT2D eigenvalue weighted by molar-refractivity contribution is 6.50. The second-order valence-corrected chi connectivity index (χ2v) is 4.14. The largest absolute Gasteiger partial charge is 0.673 e. The Bertz CT molecular complexity index is 540. The first-order chi connectivity index (χ1) is 9.29. The lowest BCUT2D eigenvalue weighted by atomic mass is 10.1. The summed E-state index contributed by atoms with van der Waals surface area (Å²) < 4.78 is 41.1. The van der Waals surface area contributed by atoms with Crippen molar-refractivity contribution < 1.29 is 21.8 Å². The summed E-state index contributed by atoms with van der Waals surface area (Å²) in [5.41, 5.74) is 2.47. The van der Waals surface area contributed by atoms with Gasteiger partial charge in [0.05, 0.1) is 13.5 Å². The summed E-state index contributed by atoms with van der Waals surface area (Å²) in [5, 5.41) is 0. The van der Waals surface area contributed by atoms with Crippen LogP contribution in [-0.4, -0.2) is 12.2 Å². The summed E-state index contributed by atoms with van der Waals surface area (Å²) in [7, 11) is -3.95. The van der Waals surface area contributed by atoms with Crippen LogP contribution in [0.2, 0.25) is 0 Å². The number of aromatic amines is 1. The Balaban J connectivity index is 0.000000347. The van der Waals surface area contributed by atoms with Crippen LogP contribution in [0.4, 0.5) is 17.3 Å². The van der Waals surface area contributed by atoms with Crippen LogP contribution in [0.5, 0.6) is 0 Å². The molecule has 7 heteroatoms. The highest BCUT2D eigenvalue weighted by Crippen LogP contribution is 2.08. The normalized spacial score (nSPS) is 10.7. The predicted octanol–water partition coefficient (Wildman–Crippen LogP) is 3.37. The minimum Gasteiger partial charge on any atom is -0.418 e. The molecule has 0 saturated carbocycles. The van der Waals surface area contributed by atoms with Gasteiger partial charge in [-0.25, -0.2) is 9.55 Å². The van der Waals surface area contributed by atoms with Gasteiger partial charge < -0.3 is 17.3 Å². The molecule has 0 bridgehead atoms. The molecule has 2 rings (SSSR count). The SMILES string of the molecule is C=Cc1ccc(Cc2[nH]cc[n+]2C)cc1.F[B-](F)(F)F. The van der Waals surface area contributed by atoms with E-state index in [-0.39, 0.29) is 0 Å². The van der Waals surface area contributed by atoms with E-state index in [1.807, 2.05) is 25.5 Å². The van der Waals surface area contributed by atoms with E-state index in [4.69, 9.17) is 0 Å². The van der Waals surface area contributed by atoms with Crippen LogP contribution in [0.3, 0.4) is 0 Å². The molecule has 0 fully saturated rings. The van der Waals surface area contributed by atoms with Crippen molar-refractivity contribution in [1.29, 1.82) is 0 Å². The van der Waals surface area contributed by atoms with Gasteiger partial charge in [-0.3, -0.25) is 0 Å². The third-order valence-electron chi connectivity index (χ3n) is 2.56. The fraction of sp³-hybridized carbons (Fsp3) is 0.154. The maximum atomic E-state index is 9.75. The van der Waals surface area contributed by atoms with Gasteiger partial charge in [-0.1, -0.05) is 36.9 Å². The van der Waals surface area contributed by atoms with Gasteiger partial charge in [-0.05, 0) is 11.1 Å². The molecule has 0 saturated heterocycles. The smallest absolute Gasteiger partial charge is 0.418 e. The molecule has 0 radical (unpaired) electrons. The Morgan fingerprint density at radius 1 is 1.20 bits per heavy atom. The molecule has 0 spiro atoms. The molecule has 0 aliphatic carbocycles. The van der Waals surface area contributed by atoms with Crippen molar-refractivity contribution in [3.8, 4) is 0 Å². The minimum absolute atomic E-state index is 0.931.